The molecule has 2 amide bonds. The van der Waals surface area contributed by atoms with Crippen LogP contribution in [0.25, 0.3) is 0 Å². The number of rotatable bonds is 6. The Bertz CT molecular complexity index is 816. The predicted octanol–water partition coefficient (Wildman–Crippen LogP) is 2.66. The molecule has 1 aliphatic heterocycles. The first kappa shape index (κ1) is 18.8. The second-order valence-corrected chi connectivity index (χ2v) is 5.99. The molecule has 0 spiro atoms. The Balaban J connectivity index is 1.41. The molecule has 144 valence electrons. The zero-order valence-corrected chi connectivity index (χ0v) is 14.8. The summed E-state index contributed by atoms with van der Waals surface area (Å²) in [7, 11) is 1.58. The third-order valence-electron chi connectivity index (χ3n) is 4.06. The fourth-order valence-electron chi connectivity index (χ4n) is 2.78. The topological polar surface area (TPSA) is 68.8 Å². The molecule has 0 unspecified atom stereocenters. The number of amides is 2. The van der Waals surface area contributed by atoms with Crippen molar-refractivity contribution in [2.45, 2.75) is 12.5 Å². The molecule has 6 nitrogen and oxygen atoms in total. The predicted molar refractivity (Wildman–Crippen MR) is 94.4 cm³/mol. The van der Waals surface area contributed by atoms with Gasteiger partial charge >= 0.3 is 6.03 Å². The van der Waals surface area contributed by atoms with Gasteiger partial charge in [-0.05, 0) is 24.6 Å². The molecular formula is C19H20F2N2O4. The molecule has 2 aromatic rings. The first-order valence-electron chi connectivity index (χ1n) is 8.47. The largest absolute Gasteiger partial charge is 0.493 e. The molecule has 0 saturated carbocycles. The van der Waals surface area contributed by atoms with Crippen LogP contribution in [0.4, 0.5) is 13.6 Å². The smallest absolute Gasteiger partial charge is 0.315 e. The lowest BCUT2D eigenvalue weighted by Gasteiger charge is -2.27. The second kappa shape index (κ2) is 8.57. The highest BCUT2D eigenvalue weighted by atomic mass is 19.2. The van der Waals surface area contributed by atoms with Crippen LogP contribution < -0.4 is 24.8 Å². The molecular weight excluding hydrogens is 358 g/mol. The Kier molecular flexibility index (Phi) is 5.95. The Morgan fingerprint density at radius 3 is 2.89 bits per heavy atom. The van der Waals surface area contributed by atoms with E-state index in [0.29, 0.717) is 24.5 Å². The van der Waals surface area contributed by atoms with Gasteiger partial charge in [0.2, 0.25) is 0 Å². The van der Waals surface area contributed by atoms with Gasteiger partial charge in [-0.2, -0.15) is 0 Å². The molecule has 0 fully saturated rings. The summed E-state index contributed by atoms with van der Waals surface area (Å²) in [4.78, 5) is 12.0. The van der Waals surface area contributed by atoms with Crippen molar-refractivity contribution in [1.29, 1.82) is 0 Å². The van der Waals surface area contributed by atoms with Crippen LogP contribution in [0, 0.1) is 11.6 Å². The van der Waals surface area contributed by atoms with Gasteiger partial charge < -0.3 is 24.8 Å². The summed E-state index contributed by atoms with van der Waals surface area (Å²) in [6, 6.07) is 8.37. The van der Waals surface area contributed by atoms with Crippen molar-refractivity contribution in [2.75, 3.05) is 26.9 Å². The number of urea groups is 1. The molecule has 2 aromatic carbocycles. The number of para-hydroxylation sites is 1. The minimum atomic E-state index is -0.979. The highest BCUT2D eigenvalue weighted by molar-refractivity contribution is 5.74. The van der Waals surface area contributed by atoms with E-state index in [1.807, 2.05) is 18.2 Å². The van der Waals surface area contributed by atoms with Crippen LogP contribution >= 0.6 is 0 Å². The molecule has 1 heterocycles. The molecule has 0 saturated heterocycles. The van der Waals surface area contributed by atoms with Crippen LogP contribution in [0.5, 0.6) is 17.2 Å². The van der Waals surface area contributed by atoms with Gasteiger partial charge in [-0.15, -0.1) is 0 Å². The number of fused-ring (bicyclic) bond motifs is 1. The van der Waals surface area contributed by atoms with E-state index in [-0.39, 0.29) is 31.0 Å². The molecule has 1 atom stereocenters. The number of methoxy groups -OCH3 is 1. The standard InChI is InChI=1S/C19H20F2N2O4/c1-25-17-4-2-3-12-9-13(11-27-18(12)17)23-19(24)22-7-8-26-14-5-6-15(20)16(21)10-14/h2-6,10,13H,7-9,11H2,1H3,(H2,22,23,24)/t13-/m1/s1. The Hall–Kier alpha value is -3.03. The van der Waals surface area contributed by atoms with Crippen LogP contribution in [-0.2, 0) is 6.42 Å². The Labute approximate surface area is 155 Å². The third kappa shape index (κ3) is 4.78. The van der Waals surface area contributed by atoms with Gasteiger partial charge in [-0.1, -0.05) is 12.1 Å². The minimum Gasteiger partial charge on any atom is -0.493 e. The van der Waals surface area contributed by atoms with Gasteiger partial charge in [0.25, 0.3) is 0 Å². The molecule has 1 aliphatic rings. The number of hydrogen-bond donors (Lipinski definition) is 2. The first-order valence-corrected chi connectivity index (χ1v) is 8.47. The van der Waals surface area contributed by atoms with Crippen LogP contribution in [0.2, 0.25) is 0 Å². The molecule has 0 bridgehead atoms. The maximum atomic E-state index is 13.1. The van der Waals surface area contributed by atoms with Crippen LogP contribution in [-0.4, -0.2) is 38.9 Å². The van der Waals surface area contributed by atoms with E-state index in [1.165, 1.54) is 6.07 Å². The zero-order valence-electron chi connectivity index (χ0n) is 14.8. The van der Waals surface area contributed by atoms with Crippen molar-refractivity contribution in [1.82, 2.24) is 10.6 Å². The Morgan fingerprint density at radius 1 is 1.26 bits per heavy atom. The van der Waals surface area contributed by atoms with Gasteiger partial charge in [0, 0.05) is 11.6 Å². The third-order valence-corrected chi connectivity index (χ3v) is 4.06. The molecule has 27 heavy (non-hydrogen) atoms. The highest BCUT2D eigenvalue weighted by Crippen LogP contribution is 2.34. The summed E-state index contributed by atoms with van der Waals surface area (Å²) in [5.74, 6) is -0.341. The van der Waals surface area contributed by atoms with Crippen molar-refractivity contribution >= 4 is 6.03 Å². The second-order valence-electron chi connectivity index (χ2n) is 5.99. The van der Waals surface area contributed by atoms with Crippen LogP contribution in [0.1, 0.15) is 5.56 Å². The molecule has 0 radical (unpaired) electrons. The summed E-state index contributed by atoms with van der Waals surface area (Å²) >= 11 is 0. The van der Waals surface area contributed by atoms with E-state index in [2.05, 4.69) is 10.6 Å². The Morgan fingerprint density at radius 2 is 2.11 bits per heavy atom. The maximum absolute atomic E-state index is 13.1. The minimum absolute atomic E-state index is 0.125. The average molecular weight is 378 g/mol. The fourth-order valence-corrected chi connectivity index (χ4v) is 2.78. The SMILES string of the molecule is COc1cccc2c1OC[C@H](NC(=O)NCCOc1ccc(F)c(F)c1)C2. The highest BCUT2D eigenvalue weighted by Gasteiger charge is 2.23. The molecule has 8 heteroatoms. The van der Waals surface area contributed by atoms with Crippen molar-refractivity contribution in [3.8, 4) is 17.2 Å². The van der Waals surface area contributed by atoms with Crippen molar-refractivity contribution < 1.29 is 27.8 Å². The molecule has 0 aliphatic carbocycles. The zero-order chi connectivity index (χ0) is 19.2. The van der Waals surface area contributed by atoms with Crippen molar-refractivity contribution in [2.24, 2.45) is 0 Å². The average Bonchev–Trinajstić information content (AvgIpc) is 2.67. The van der Waals surface area contributed by atoms with E-state index in [0.717, 1.165) is 17.7 Å². The summed E-state index contributed by atoms with van der Waals surface area (Å²) in [5, 5.41) is 5.48. The number of carbonyl (C=O) groups is 1. The summed E-state index contributed by atoms with van der Waals surface area (Å²) < 4.78 is 42.1. The summed E-state index contributed by atoms with van der Waals surface area (Å²) in [6.07, 6.45) is 0.630. The molecule has 3 rings (SSSR count). The van der Waals surface area contributed by atoms with Gasteiger partial charge in [-0.25, -0.2) is 13.6 Å². The maximum Gasteiger partial charge on any atom is 0.315 e. The normalized spacial score (nSPS) is 15.3. The molecule has 2 N–H and O–H groups in total. The monoisotopic (exact) mass is 378 g/mol. The van der Waals surface area contributed by atoms with E-state index in [1.54, 1.807) is 7.11 Å². The number of hydrogen-bond acceptors (Lipinski definition) is 4. The van der Waals surface area contributed by atoms with E-state index in [9.17, 15) is 13.6 Å². The summed E-state index contributed by atoms with van der Waals surface area (Å²) in [6.45, 7) is 0.675. The summed E-state index contributed by atoms with van der Waals surface area (Å²) in [5.41, 5.74) is 0.965. The number of carbonyl (C=O) groups excluding carboxylic acids is 1. The number of nitrogens with one attached hydrogen (secondary N) is 2. The van der Waals surface area contributed by atoms with Crippen molar-refractivity contribution in [3.05, 3.63) is 53.6 Å². The first-order chi connectivity index (χ1) is 13.1. The van der Waals surface area contributed by atoms with E-state index >= 15 is 0 Å². The van der Waals surface area contributed by atoms with Crippen LogP contribution in [0.15, 0.2) is 36.4 Å². The lowest BCUT2D eigenvalue weighted by atomic mass is 10.0. The van der Waals surface area contributed by atoms with E-state index in [4.69, 9.17) is 14.2 Å². The van der Waals surface area contributed by atoms with Gasteiger partial charge in [0.1, 0.15) is 19.0 Å². The van der Waals surface area contributed by atoms with Gasteiger partial charge in [-0.3, -0.25) is 0 Å². The number of ether oxygens (including phenoxy) is 3. The quantitative estimate of drug-likeness (QED) is 0.759. The lowest BCUT2D eigenvalue weighted by Crippen LogP contribution is -2.48. The number of benzene rings is 2. The van der Waals surface area contributed by atoms with E-state index < -0.39 is 11.6 Å². The van der Waals surface area contributed by atoms with Gasteiger partial charge in [0.15, 0.2) is 23.1 Å². The van der Waals surface area contributed by atoms with Gasteiger partial charge in [0.05, 0.1) is 19.7 Å². The number of halogens is 2. The fraction of sp³-hybridized carbons (Fsp3) is 0.316. The van der Waals surface area contributed by atoms with Crippen molar-refractivity contribution in [3.63, 3.8) is 0 Å². The van der Waals surface area contributed by atoms with Crippen LogP contribution in [0.3, 0.4) is 0 Å². The molecule has 0 aromatic heterocycles. The lowest BCUT2D eigenvalue weighted by molar-refractivity contribution is 0.208.